The normalized spacial score (nSPS) is 16.4. The highest BCUT2D eigenvalue weighted by atomic mass is 16.5. The number of aryl methyl sites for hydroxylation is 3. The molecule has 0 saturated heterocycles. The summed E-state index contributed by atoms with van der Waals surface area (Å²) in [7, 11) is 0. The van der Waals surface area contributed by atoms with Gasteiger partial charge in [0.25, 0.3) is 11.8 Å². The topological polar surface area (TPSA) is 49.9 Å². The molecule has 5 nitrogen and oxygen atoms in total. The smallest absolute Gasteiger partial charge is 0.278 e. The summed E-state index contributed by atoms with van der Waals surface area (Å²) >= 11 is 0. The van der Waals surface area contributed by atoms with Crippen LogP contribution in [-0.4, -0.2) is 42.5 Å². The summed E-state index contributed by atoms with van der Waals surface area (Å²) in [6, 6.07) is 14.3. The lowest BCUT2D eigenvalue weighted by Crippen LogP contribution is -2.38. The molecule has 0 spiro atoms. The average molecular weight is 433 g/mol. The van der Waals surface area contributed by atoms with Gasteiger partial charge in [-0.2, -0.15) is 0 Å². The van der Waals surface area contributed by atoms with E-state index in [0.717, 1.165) is 41.8 Å². The van der Waals surface area contributed by atoms with Crippen molar-refractivity contribution in [2.75, 3.05) is 24.6 Å². The zero-order chi connectivity index (χ0) is 22.8. The Morgan fingerprint density at radius 2 is 1.81 bits per heavy atom. The Morgan fingerprint density at radius 1 is 1.03 bits per heavy atom. The first kappa shape index (κ1) is 22.3. The first-order valence-corrected chi connectivity index (χ1v) is 11.5. The standard InChI is InChI=1S/C27H32N2O3/c1-18(2)32-16-8-15-29-26(30)24(22-13-12-19(3)17-20(22)4)25(27(29)31)28-14-7-10-21-9-5-6-11-23(21)28/h5-6,9,11-13,17-18H,7-8,10,14-16H2,1-4H3. The summed E-state index contributed by atoms with van der Waals surface area (Å²) in [6.07, 6.45) is 2.69. The summed E-state index contributed by atoms with van der Waals surface area (Å²) in [5, 5.41) is 0. The molecule has 2 aliphatic heterocycles. The van der Waals surface area contributed by atoms with Gasteiger partial charge in [0.05, 0.1) is 11.7 Å². The molecular formula is C27H32N2O3. The monoisotopic (exact) mass is 432 g/mol. The second kappa shape index (κ2) is 9.29. The molecule has 168 valence electrons. The molecule has 32 heavy (non-hydrogen) atoms. The third-order valence-corrected chi connectivity index (χ3v) is 6.15. The molecule has 0 atom stereocenters. The number of imide groups is 1. The maximum absolute atomic E-state index is 13.7. The van der Waals surface area contributed by atoms with Gasteiger partial charge in [0.2, 0.25) is 0 Å². The fraction of sp³-hybridized carbons (Fsp3) is 0.407. The van der Waals surface area contributed by atoms with E-state index in [9.17, 15) is 9.59 Å². The number of para-hydroxylation sites is 1. The van der Waals surface area contributed by atoms with Crippen molar-refractivity contribution < 1.29 is 14.3 Å². The van der Waals surface area contributed by atoms with Crippen molar-refractivity contribution >= 4 is 23.1 Å². The lowest BCUT2D eigenvalue weighted by atomic mass is 9.95. The molecule has 0 N–H and O–H groups in total. The minimum Gasteiger partial charge on any atom is -0.379 e. The predicted octanol–water partition coefficient (Wildman–Crippen LogP) is 4.65. The number of ether oxygens (including phenoxy) is 1. The van der Waals surface area contributed by atoms with Gasteiger partial charge in [0.15, 0.2) is 0 Å². The third kappa shape index (κ3) is 4.22. The number of hydrogen-bond acceptors (Lipinski definition) is 4. The van der Waals surface area contributed by atoms with Crippen molar-refractivity contribution in [1.82, 2.24) is 4.90 Å². The van der Waals surface area contributed by atoms with Crippen LogP contribution in [0.4, 0.5) is 5.69 Å². The van der Waals surface area contributed by atoms with Crippen LogP contribution in [0.15, 0.2) is 48.2 Å². The summed E-state index contributed by atoms with van der Waals surface area (Å²) in [6.45, 7) is 9.62. The largest absolute Gasteiger partial charge is 0.379 e. The number of anilines is 1. The van der Waals surface area contributed by atoms with Crippen LogP contribution in [0, 0.1) is 13.8 Å². The Labute approximate surface area is 190 Å². The second-order valence-corrected chi connectivity index (χ2v) is 8.96. The van der Waals surface area contributed by atoms with Crippen LogP contribution in [0.2, 0.25) is 0 Å². The van der Waals surface area contributed by atoms with Gasteiger partial charge >= 0.3 is 0 Å². The average Bonchev–Trinajstić information content (AvgIpc) is 3.00. The number of hydrogen-bond donors (Lipinski definition) is 0. The molecule has 2 aromatic carbocycles. The Hall–Kier alpha value is -2.92. The van der Waals surface area contributed by atoms with Gasteiger partial charge in [0.1, 0.15) is 5.70 Å². The van der Waals surface area contributed by atoms with Crippen molar-refractivity contribution in [2.45, 2.75) is 53.1 Å². The van der Waals surface area contributed by atoms with Crippen LogP contribution in [0.25, 0.3) is 5.57 Å². The zero-order valence-electron chi connectivity index (χ0n) is 19.5. The molecule has 0 aliphatic carbocycles. The van der Waals surface area contributed by atoms with E-state index in [4.69, 9.17) is 4.74 Å². The molecule has 2 heterocycles. The Morgan fingerprint density at radius 3 is 2.56 bits per heavy atom. The van der Waals surface area contributed by atoms with Crippen LogP contribution >= 0.6 is 0 Å². The summed E-state index contributed by atoms with van der Waals surface area (Å²) in [5.41, 5.74) is 6.27. The van der Waals surface area contributed by atoms with Gasteiger partial charge in [-0.15, -0.1) is 0 Å². The number of nitrogens with zero attached hydrogens (tertiary/aromatic N) is 2. The summed E-state index contributed by atoms with van der Waals surface area (Å²) < 4.78 is 5.63. The van der Waals surface area contributed by atoms with Crippen molar-refractivity contribution in [3.05, 3.63) is 70.4 Å². The number of carbonyl (C=O) groups excluding carboxylic acids is 2. The maximum atomic E-state index is 13.7. The fourth-order valence-corrected chi connectivity index (χ4v) is 4.66. The van der Waals surface area contributed by atoms with Crippen molar-refractivity contribution in [2.24, 2.45) is 0 Å². The SMILES string of the molecule is Cc1ccc(C2=C(N3CCCc4ccccc43)C(=O)N(CCCOC(C)C)C2=O)c(C)c1. The van der Waals surface area contributed by atoms with E-state index in [-0.39, 0.29) is 17.9 Å². The molecule has 0 saturated carbocycles. The quantitative estimate of drug-likeness (QED) is 0.472. The molecule has 2 amide bonds. The van der Waals surface area contributed by atoms with Crippen LogP contribution in [-0.2, 0) is 20.7 Å². The molecule has 2 aliphatic rings. The third-order valence-electron chi connectivity index (χ3n) is 6.15. The van der Waals surface area contributed by atoms with Crippen molar-refractivity contribution in [1.29, 1.82) is 0 Å². The molecule has 0 radical (unpaired) electrons. The van der Waals surface area contributed by atoms with Crippen molar-refractivity contribution in [3.63, 3.8) is 0 Å². The minimum atomic E-state index is -0.204. The highest BCUT2D eigenvalue weighted by molar-refractivity contribution is 6.37. The number of fused-ring (bicyclic) bond motifs is 1. The molecular weight excluding hydrogens is 400 g/mol. The van der Waals surface area contributed by atoms with Crippen molar-refractivity contribution in [3.8, 4) is 0 Å². The highest BCUT2D eigenvalue weighted by Crippen LogP contribution is 2.38. The molecule has 0 unspecified atom stereocenters. The van der Waals surface area contributed by atoms with E-state index in [1.807, 2.05) is 52.0 Å². The first-order chi connectivity index (χ1) is 15.4. The van der Waals surface area contributed by atoms with Crippen LogP contribution < -0.4 is 4.90 Å². The number of carbonyl (C=O) groups is 2. The van der Waals surface area contributed by atoms with E-state index in [2.05, 4.69) is 23.1 Å². The second-order valence-electron chi connectivity index (χ2n) is 8.96. The molecule has 5 heteroatoms. The lowest BCUT2D eigenvalue weighted by molar-refractivity contribution is -0.137. The van der Waals surface area contributed by atoms with E-state index >= 15 is 0 Å². The van der Waals surface area contributed by atoms with Gasteiger partial charge in [-0.3, -0.25) is 14.5 Å². The molecule has 0 fully saturated rings. The van der Waals surface area contributed by atoms with Gasteiger partial charge in [-0.25, -0.2) is 0 Å². The fourth-order valence-electron chi connectivity index (χ4n) is 4.66. The number of amides is 2. The predicted molar refractivity (Wildman–Crippen MR) is 127 cm³/mol. The van der Waals surface area contributed by atoms with E-state index in [1.54, 1.807) is 0 Å². The zero-order valence-corrected chi connectivity index (χ0v) is 19.5. The molecule has 0 bridgehead atoms. The number of benzene rings is 2. The van der Waals surface area contributed by atoms with Gasteiger partial charge in [-0.1, -0.05) is 42.0 Å². The van der Waals surface area contributed by atoms with Crippen LogP contribution in [0.3, 0.4) is 0 Å². The summed E-state index contributed by atoms with van der Waals surface area (Å²) in [4.78, 5) is 30.8. The van der Waals surface area contributed by atoms with Crippen LogP contribution in [0.1, 0.15) is 48.9 Å². The van der Waals surface area contributed by atoms with E-state index in [1.165, 1.54) is 10.5 Å². The van der Waals surface area contributed by atoms with Gasteiger partial charge in [0, 0.05) is 25.4 Å². The minimum absolute atomic E-state index is 0.129. The summed E-state index contributed by atoms with van der Waals surface area (Å²) in [5.74, 6) is -0.407. The van der Waals surface area contributed by atoms with Crippen LogP contribution in [0.5, 0.6) is 0 Å². The first-order valence-electron chi connectivity index (χ1n) is 11.5. The highest BCUT2D eigenvalue weighted by Gasteiger charge is 2.42. The maximum Gasteiger partial charge on any atom is 0.278 e. The van der Waals surface area contributed by atoms with E-state index in [0.29, 0.717) is 30.8 Å². The Balaban J connectivity index is 1.76. The lowest BCUT2D eigenvalue weighted by Gasteiger charge is -2.32. The molecule has 0 aromatic heterocycles. The van der Waals surface area contributed by atoms with E-state index < -0.39 is 0 Å². The van der Waals surface area contributed by atoms with Gasteiger partial charge < -0.3 is 9.64 Å². The Bertz CT molecular complexity index is 1070. The Kier molecular flexibility index (Phi) is 6.47. The van der Waals surface area contributed by atoms with Gasteiger partial charge in [-0.05, 0) is 69.7 Å². The molecule has 2 aromatic rings. The number of rotatable bonds is 7. The molecule has 4 rings (SSSR count).